The summed E-state index contributed by atoms with van der Waals surface area (Å²) in [6, 6.07) is 5.50. The molecule has 0 saturated heterocycles. The summed E-state index contributed by atoms with van der Waals surface area (Å²) in [6.07, 6.45) is 5.10. The summed E-state index contributed by atoms with van der Waals surface area (Å²) in [6.45, 7) is 3.33. The zero-order chi connectivity index (χ0) is 12.7. The van der Waals surface area contributed by atoms with Crippen LogP contribution in [0.15, 0.2) is 30.4 Å². The Morgan fingerprint density at radius 3 is 2.53 bits per heavy atom. The fourth-order valence-electron chi connectivity index (χ4n) is 1.65. The molecule has 1 rings (SSSR count). The number of hydrogen-bond donors (Lipinski definition) is 2. The molecule has 0 heterocycles. The van der Waals surface area contributed by atoms with E-state index in [9.17, 15) is 0 Å². The Hall–Kier alpha value is -0.540. The van der Waals surface area contributed by atoms with Crippen molar-refractivity contribution in [1.29, 1.82) is 0 Å². The van der Waals surface area contributed by atoms with Crippen molar-refractivity contribution in [3.63, 3.8) is 0 Å². The highest BCUT2D eigenvalue weighted by atomic mass is 35.5. The third-order valence-corrected chi connectivity index (χ3v) is 3.18. The highest BCUT2D eigenvalue weighted by molar-refractivity contribution is 6.36. The fourth-order valence-corrected chi connectivity index (χ4v) is 2.32. The summed E-state index contributed by atoms with van der Waals surface area (Å²) >= 11 is 12.3. The van der Waals surface area contributed by atoms with Gasteiger partial charge in [0.25, 0.3) is 0 Å². The lowest BCUT2D eigenvalue weighted by Crippen LogP contribution is -2.29. The minimum atomic E-state index is 0.00135. The number of allylic oxidation sites excluding steroid dienone is 1. The van der Waals surface area contributed by atoms with E-state index in [0.29, 0.717) is 16.6 Å². The molecule has 94 valence electrons. The third-order valence-electron chi connectivity index (χ3n) is 2.52. The molecule has 0 saturated carbocycles. The van der Waals surface area contributed by atoms with E-state index in [4.69, 9.17) is 28.9 Å². The van der Waals surface area contributed by atoms with Crippen molar-refractivity contribution in [3.05, 3.63) is 46.0 Å². The van der Waals surface area contributed by atoms with Gasteiger partial charge < -0.3 is 11.1 Å². The van der Waals surface area contributed by atoms with Crippen LogP contribution in [-0.2, 0) is 0 Å². The van der Waals surface area contributed by atoms with Crippen LogP contribution in [0.2, 0.25) is 10.0 Å². The van der Waals surface area contributed by atoms with E-state index in [1.807, 2.05) is 31.2 Å². The maximum absolute atomic E-state index is 6.15. The van der Waals surface area contributed by atoms with Gasteiger partial charge in [0, 0.05) is 28.2 Å². The second-order valence-corrected chi connectivity index (χ2v) is 4.55. The lowest BCUT2D eigenvalue weighted by molar-refractivity contribution is 0.548. The van der Waals surface area contributed by atoms with Gasteiger partial charge in [0.15, 0.2) is 0 Å². The molecule has 3 N–H and O–H groups in total. The first-order chi connectivity index (χ1) is 8.20. The predicted octanol–water partition coefficient (Wildman–Crippen LogP) is 3.55. The molecule has 0 aromatic heterocycles. The third kappa shape index (κ3) is 4.32. The molecule has 1 aromatic rings. The topological polar surface area (TPSA) is 38.0 Å². The van der Waals surface area contributed by atoms with E-state index in [1.165, 1.54) is 0 Å². The maximum Gasteiger partial charge on any atom is 0.0474 e. The molecule has 0 radical (unpaired) electrons. The highest BCUT2D eigenvalue weighted by Gasteiger charge is 2.15. The molecular weight excluding hydrogens is 255 g/mol. The molecule has 0 bridgehead atoms. The lowest BCUT2D eigenvalue weighted by Gasteiger charge is -2.19. The summed E-state index contributed by atoms with van der Waals surface area (Å²) in [5.74, 6) is 0. The van der Waals surface area contributed by atoms with Crippen LogP contribution in [0.5, 0.6) is 0 Å². The smallest absolute Gasteiger partial charge is 0.0474 e. The van der Waals surface area contributed by atoms with Crippen molar-refractivity contribution in [2.24, 2.45) is 5.73 Å². The number of rotatable bonds is 6. The van der Waals surface area contributed by atoms with Crippen molar-refractivity contribution < 1.29 is 0 Å². The Kier molecular flexibility index (Phi) is 6.60. The molecule has 2 nitrogen and oxygen atoms in total. The van der Waals surface area contributed by atoms with Gasteiger partial charge in [-0.15, -0.1) is 0 Å². The SMILES string of the molecule is C/C=C/CCNC(CN)c1c(Cl)cccc1Cl. The van der Waals surface area contributed by atoms with Gasteiger partial charge in [0.1, 0.15) is 0 Å². The van der Waals surface area contributed by atoms with Crippen molar-refractivity contribution in [3.8, 4) is 0 Å². The molecule has 17 heavy (non-hydrogen) atoms. The molecule has 4 heteroatoms. The Labute approximate surface area is 113 Å². The molecule has 0 amide bonds. The van der Waals surface area contributed by atoms with Crippen LogP contribution in [0.1, 0.15) is 24.9 Å². The minimum Gasteiger partial charge on any atom is -0.329 e. The van der Waals surface area contributed by atoms with Gasteiger partial charge in [-0.2, -0.15) is 0 Å². The average molecular weight is 273 g/mol. The predicted molar refractivity (Wildman–Crippen MR) is 75.7 cm³/mol. The van der Waals surface area contributed by atoms with Gasteiger partial charge in [-0.3, -0.25) is 0 Å². The maximum atomic E-state index is 6.15. The van der Waals surface area contributed by atoms with Gasteiger partial charge in [-0.25, -0.2) is 0 Å². The zero-order valence-corrected chi connectivity index (χ0v) is 11.4. The average Bonchev–Trinajstić information content (AvgIpc) is 2.31. The van der Waals surface area contributed by atoms with Crippen molar-refractivity contribution in [2.45, 2.75) is 19.4 Å². The minimum absolute atomic E-state index is 0.00135. The normalized spacial score (nSPS) is 13.2. The van der Waals surface area contributed by atoms with E-state index < -0.39 is 0 Å². The van der Waals surface area contributed by atoms with Crippen molar-refractivity contribution >= 4 is 23.2 Å². The molecule has 0 aliphatic rings. The first-order valence-electron chi connectivity index (χ1n) is 5.69. The monoisotopic (exact) mass is 272 g/mol. The largest absolute Gasteiger partial charge is 0.329 e. The molecule has 0 spiro atoms. The standard InChI is InChI=1S/C13H18Cl2N2/c1-2-3-4-8-17-12(9-16)13-10(14)6-5-7-11(13)15/h2-3,5-7,12,17H,4,8-9,16H2,1H3/b3-2+. The first-order valence-corrected chi connectivity index (χ1v) is 6.44. The van der Waals surface area contributed by atoms with E-state index in [1.54, 1.807) is 0 Å². The number of halogens is 2. The molecule has 0 aliphatic heterocycles. The first kappa shape index (κ1) is 14.5. The van der Waals surface area contributed by atoms with Gasteiger partial charge in [0.2, 0.25) is 0 Å². The van der Waals surface area contributed by atoms with Crippen LogP contribution < -0.4 is 11.1 Å². The van der Waals surface area contributed by atoms with Crippen LogP contribution >= 0.6 is 23.2 Å². The van der Waals surface area contributed by atoms with Crippen LogP contribution in [0, 0.1) is 0 Å². The zero-order valence-electron chi connectivity index (χ0n) is 9.92. The molecule has 0 fully saturated rings. The van der Waals surface area contributed by atoms with E-state index in [0.717, 1.165) is 18.5 Å². The number of hydrogen-bond acceptors (Lipinski definition) is 2. The van der Waals surface area contributed by atoms with Crippen molar-refractivity contribution in [1.82, 2.24) is 5.32 Å². The number of benzene rings is 1. The van der Waals surface area contributed by atoms with Crippen molar-refractivity contribution in [2.75, 3.05) is 13.1 Å². The summed E-state index contributed by atoms with van der Waals surface area (Å²) in [4.78, 5) is 0. The quantitative estimate of drug-likeness (QED) is 0.614. The van der Waals surface area contributed by atoms with E-state index in [-0.39, 0.29) is 6.04 Å². The Balaban J connectivity index is 2.72. The lowest BCUT2D eigenvalue weighted by atomic mass is 10.1. The van der Waals surface area contributed by atoms with Crippen LogP contribution in [0.3, 0.4) is 0 Å². The second kappa shape index (κ2) is 7.72. The Bertz CT molecular complexity index is 357. The van der Waals surface area contributed by atoms with E-state index >= 15 is 0 Å². The molecule has 1 atom stereocenters. The summed E-state index contributed by atoms with van der Waals surface area (Å²) in [7, 11) is 0. The molecular formula is C13H18Cl2N2. The summed E-state index contributed by atoms with van der Waals surface area (Å²) < 4.78 is 0. The van der Waals surface area contributed by atoms with E-state index in [2.05, 4.69) is 11.4 Å². The highest BCUT2D eigenvalue weighted by Crippen LogP contribution is 2.29. The van der Waals surface area contributed by atoms with Crippen LogP contribution in [0.25, 0.3) is 0 Å². The molecule has 1 aromatic carbocycles. The number of nitrogens with one attached hydrogen (secondary N) is 1. The second-order valence-electron chi connectivity index (χ2n) is 3.74. The number of nitrogens with two attached hydrogens (primary N) is 1. The van der Waals surface area contributed by atoms with Crippen LogP contribution in [0.4, 0.5) is 0 Å². The summed E-state index contributed by atoms with van der Waals surface area (Å²) in [5, 5.41) is 4.67. The Morgan fingerprint density at radius 1 is 1.35 bits per heavy atom. The van der Waals surface area contributed by atoms with Gasteiger partial charge in [0.05, 0.1) is 0 Å². The van der Waals surface area contributed by atoms with Crippen LogP contribution in [-0.4, -0.2) is 13.1 Å². The summed E-state index contributed by atoms with van der Waals surface area (Å²) in [5.41, 5.74) is 6.65. The Morgan fingerprint density at radius 2 is 2.00 bits per heavy atom. The molecule has 0 aliphatic carbocycles. The van der Waals surface area contributed by atoms with Gasteiger partial charge >= 0.3 is 0 Å². The van der Waals surface area contributed by atoms with Gasteiger partial charge in [-0.1, -0.05) is 41.4 Å². The van der Waals surface area contributed by atoms with Gasteiger partial charge in [-0.05, 0) is 32.0 Å². The molecule has 1 unspecified atom stereocenters. The fraction of sp³-hybridized carbons (Fsp3) is 0.385.